The molecule has 46 heavy (non-hydrogen) atoms. The van der Waals surface area contributed by atoms with E-state index in [0.29, 0.717) is 0 Å². The molecule has 1 aromatic carbocycles. The molecule has 1 aliphatic heterocycles. The molecule has 1 heterocycles. The van der Waals surface area contributed by atoms with Gasteiger partial charge in [-0.25, -0.2) is 26.1 Å². The van der Waals surface area contributed by atoms with E-state index in [-0.39, 0.29) is 0 Å². The second kappa shape index (κ2) is 9.94. The Kier molecular flexibility index (Phi) is 8.54. The average molecular weight is 761 g/mol. The highest BCUT2D eigenvalue weighted by Gasteiger charge is 2.99. The molecule has 0 N–H and O–H groups in total. The first-order valence-electron chi connectivity index (χ1n) is 9.80. The molecule has 4 nitrogen and oxygen atoms in total. The number of benzene rings is 1. The van der Waals surface area contributed by atoms with Crippen molar-refractivity contribution in [2.75, 3.05) is 0 Å². The zero-order valence-corrected chi connectivity index (χ0v) is 20.3. The van der Waals surface area contributed by atoms with E-state index in [9.17, 15) is 114 Å². The van der Waals surface area contributed by atoms with E-state index >= 15 is 4.39 Å². The molecule has 0 bridgehead atoms. The first kappa shape index (κ1) is 39.5. The van der Waals surface area contributed by atoms with Gasteiger partial charge in [-0.05, 0) is 0 Å². The zero-order valence-electron chi connectivity index (χ0n) is 19.5. The van der Waals surface area contributed by atoms with Gasteiger partial charge < -0.3 is 0 Å². The van der Waals surface area contributed by atoms with Crippen LogP contribution in [0.2, 0.25) is 0 Å². The van der Waals surface area contributed by atoms with Crippen LogP contribution < -0.4 is 0 Å². The Hall–Kier alpha value is -2.66. The standard InChI is InChI=1S/C16F25NO3S/c17-2-1(3(18)5(20)6(21)4(2)19)7(22,23)42-14(37,38)10(28,29)8(24,25)12(32,33)16(42,41)45-46(43,44)15(39,40)11(30,31)9(26,27)13(34,35)36. The van der Waals surface area contributed by atoms with E-state index in [1.54, 1.807) is 0 Å². The van der Waals surface area contributed by atoms with Gasteiger partial charge in [0.15, 0.2) is 23.3 Å². The van der Waals surface area contributed by atoms with E-state index in [1.165, 1.54) is 4.18 Å². The van der Waals surface area contributed by atoms with Crippen molar-refractivity contribution in [1.82, 2.24) is 4.90 Å². The highest BCUT2D eigenvalue weighted by Crippen LogP contribution is 2.68. The first-order chi connectivity index (χ1) is 19.7. The van der Waals surface area contributed by atoms with Gasteiger partial charge in [0, 0.05) is 0 Å². The third-order valence-electron chi connectivity index (χ3n) is 5.56. The maximum atomic E-state index is 15.3. The lowest BCUT2D eigenvalue weighted by atomic mass is 9.91. The number of rotatable bonds is 7. The van der Waals surface area contributed by atoms with Gasteiger partial charge in [-0.15, -0.1) is 4.90 Å². The topological polar surface area (TPSA) is 46.6 Å². The summed E-state index contributed by atoms with van der Waals surface area (Å²) in [7, 11) is -9.75. The summed E-state index contributed by atoms with van der Waals surface area (Å²) in [6.45, 7) is 0. The summed E-state index contributed by atoms with van der Waals surface area (Å²) < 4.78 is 368. The van der Waals surface area contributed by atoms with E-state index in [4.69, 9.17) is 0 Å². The fourth-order valence-corrected chi connectivity index (χ4v) is 4.20. The summed E-state index contributed by atoms with van der Waals surface area (Å²) in [4.78, 5) is -4.77. The van der Waals surface area contributed by atoms with Crippen molar-refractivity contribution in [2.24, 2.45) is 0 Å². The molecule has 30 heteroatoms. The molecular formula is C16F25NO3S. The molecule has 0 saturated carbocycles. The lowest BCUT2D eigenvalue weighted by Gasteiger charge is -2.55. The zero-order chi connectivity index (χ0) is 37.2. The molecule has 1 saturated heterocycles. The van der Waals surface area contributed by atoms with Crippen molar-refractivity contribution in [1.29, 1.82) is 0 Å². The van der Waals surface area contributed by atoms with E-state index in [2.05, 4.69) is 0 Å². The van der Waals surface area contributed by atoms with Gasteiger partial charge in [-0.1, -0.05) is 0 Å². The molecule has 0 amide bonds. The maximum absolute atomic E-state index is 15.3. The fourth-order valence-electron chi connectivity index (χ4n) is 3.18. The summed E-state index contributed by atoms with van der Waals surface area (Å²) in [6.07, 6.45) is -8.09. The monoisotopic (exact) mass is 761 g/mol. The number of piperidine rings is 1. The van der Waals surface area contributed by atoms with Crippen LogP contribution in [0.5, 0.6) is 0 Å². The molecule has 1 unspecified atom stereocenters. The molecule has 2 rings (SSSR count). The highest BCUT2D eigenvalue weighted by molar-refractivity contribution is 7.87. The van der Waals surface area contributed by atoms with Crippen molar-refractivity contribution < 1.29 is 122 Å². The third kappa shape index (κ3) is 4.42. The van der Waals surface area contributed by atoms with Crippen LogP contribution >= 0.6 is 0 Å². The fraction of sp³-hybridized carbons (Fsp3) is 0.625. The summed E-state index contributed by atoms with van der Waals surface area (Å²) >= 11 is 0. The van der Waals surface area contributed by atoms with Crippen molar-refractivity contribution in [3.63, 3.8) is 0 Å². The molecule has 0 spiro atoms. The van der Waals surface area contributed by atoms with Gasteiger partial charge in [0.25, 0.3) is 0 Å². The lowest BCUT2D eigenvalue weighted by Crippen LogP contribution is -2.85. The predicted octanol–water partition coefficient (Wildman–Crippen LogP) is 7.64. The van der Waals surface area contributed by atoms with E-state index < -0.39 is 109 Å². The van der Waals surface area contributed by atoms with Crippen LogP contribution in [-0.4, -0.2) is 66.4 Å². The first-order valence-corrected chi connectivity index (χ1v) is 11.2. The molecule has 0 radical (unpaired) electrons. The second-order valence-corrected chi connectivity index (χ2v) is 9.94. The Balaban J connectivity index is 3.16. The SMILES string of the molecule is O=S(=O)(OC1(F)N(C(F)(F)c2c(F)c(F)c(F)c(F)c2F)C(F)(F)C(F)(F)C(F)(F)C1(F)F)C(F)(F)C(F)(F)C(F)(F)C(F)(F)F. The Morgan fingerprint density at radius 2 is 0.870 bits per heavy atom. The molecule has 0 aliphatic carbocycles. The summed E-state index contributed by atoms with van der Waals surface area (Å²) in [5, 5.41) is -8.83. The van der Waals surface area contributed by atoms with Crippen LogP contribution in [0.1, 0.15) is 5.56 Å². The van der Waals surface area contributed by atoms with Gasteiger partial charge in [-0.3, -0.25) is 0 Å². The minimum absolute atomic E-state index is 1.46. The van der Waals surface area contributed by atoms with Crippen LogP contribution in [0.3, 0.4) is 0 Å². The maximum Gasteiger partial charge on any atom is 0.460 e. The quantitative estimate of drug-likeness (QED) is 0.0943. The van der Waals surface area contributed by atoms with Gasteiger partial charge in [0.1, 0.15) is 5.56 Å². The minimum atomic E-state index is -9.75. The van der Waals surface area contributed by atoms with Crippen LogP contribution in [0.4, 0.5) is 110 Å². The molecule has 1 atom stereocenters. The Morgan fingerprint density at radius 3 is 1.22 bits per heavy atom. The number of alkyl halides is 20. The van der Waals surface area contributed by atoms with Crippen molar-refractivity contribution in [3.05, 3.63) is 34.6 Å². The number of nitrogens with zero attached hydrogens (tertiary/aromatic N) is 1. The molecule has 1 fully saturated rings. The van der Waals surface area contributed by atoms with Crippen LogP contribution in [0.15, 0.2) is 0 Å². The summed E-state index contributed by atoms with van der Waals surface area (Å²) in [5.74, 6) is -72.2. The van der Waals surface area contributed by atoms with Gasteiger partial charge in [0.05, 0.1) is 0 Å². The average Bonchev–Trinajstić information content (AvgIpc) is 2.83. The Bertz CT molecular complexity index is 1490. The summed E-state index contributed by atoms with van der Waals surface area (Å²) in [5.41, 5.74) is -4.64. The van der Waals surface area contributed by atoms with Crippen LogP contribution in [0, 0.1) is 29.1 Å². The smallest absolute Gasteiger partial charge is 0.204 e. The van der Waals surface area contributed by atoms with Crippen molar-refractivity contribution in [2.45, 2.75) is 59.1 Å². The Morgan fingerprint density at radius 1 is 0.522 bits per heavy atom. The molecule has 1 aromatic rings. The molecule has 1 aliphatic rings. The molecule has 268 valence electrons. The van der Waals surface area contributed by atoms with Crippen molar-refractivity contribution in [3.8, 4) is 0 Å². The van der Waals surface area contributed by atoms with E-state index in [0.717, 1.165) is 0 Å². The number of hydrogen-bond donors (Lipinski definition) is 0. The summed E-state index contributed by atoms with van der Waals surface area (Å²) in [6, 6.07) is -16.8. The lowest BCUT2D eigenvalue weighted by molar-refractivity contribution is -0.545. The highest BCUT2D eigenvalue weighted by atomic mass is 32.2. The van der Waals surface area contributed by atoms with Gasteiger partial charge in [-0.2, -0.15) is 96.2 Å². The largest absolute Gasteiger partial charge is 0.460 e. The normalized spacial score (nSPS) is 24.3. The van der Waals surface area contributed by atoms with E-state index in [1.807, 2.05) is 0 Å². The number of halogens is 25. The van der Waals surface area contributed by atoms with Crippen LogP contribution in [-0.2, 0) is 20.3 Å². The van der Waals surface area contributed by atoms with Gasteiger partial charge in [0.2, 0.25) is 5.82 Å². The van der Waals surface area contributed by atoms with Crippen LogP contribution in [0.25, 0.3) is 0 Å². The minimum Gasteiger partial charge on any atom is -0.204 e. The third-order valence-corrected chi connectivity index (χ3v) is 6.89. The second-order valence-electron chi connectivity index (χ2n) is 8.35. The molecule has 0 aromatic heterocycles. The molecular weight excluding hydrogens is 761 g/mol. The Labute approximate surface area is 232 Å². The predicted molar refractivity (Wildman–Crippen MR) is 86.5 cm³/mol. The number of hydrogen-bond acceptors (Lipinski definition) is 4. The number of likely N-dealkylation sites (tertiary alicyclic amines) is 1. The van der Waals surface area contributed by atoms with Gasteiger partial charge >= 0.3 is 69.2 Å². The van der Waals surface area contributed by atoms with Crippen molar-refractivity contribution >= 4 is 10.1 Å².